The minimum Gasteiger partial charge on any atom is -0.481 e. The van der Waals surface area contributed by atoms with Crippen molar-refractivity contribution < 1.29 is 94.8 Å². The topological polar surface area (TPSA) is 485 Å². The fourth-order valence-electron chi connectivity index (χ4n) is 6.56. The molecule has 0 saturated carbocycles. The van der Waals surface area contributed by atoms with E-state index >= 15 is 0 Å². The number of rotatable bonds is 28. The maximum atomic E-state index is 12.3. The fraction of sp³-hybridized carbons (Fsp3) is 0.143. The molecule has 32 nitrogen and oxygen atoms in total. The standard InChI is InChI=1S/C42H40N12O20S4/c1-19-13-23(43-37-49-39(53-41(51-37)47-29(35(59)60)17-33(55)56)45-27-16-26(77(65,66)67)10-11-31(27)76-74-72-64)7-5-21(19)3-4-22-6-8-24(14-20(22)2)44-38-50-40(54-42(52-38)48-30(36(61)62)18-34(57)58)46-28-15-25(75-73-71-63)9-12-32(28)78(68,69)70/h3-16,29-30,63-64H,17-18H2,1-2H3,(H,55,56)(H,57,58)(H,59,60)(H,61,62)(H,65,66,67)(H,68,69,70)(H3,43,45,47,49,51,53)(H3,44,46,48,50,52,54)/b4-3+. The average Bonchev–Trinajstić information content (AvgIpc) is 3.36. The maximum Gasteiger partial charge on any atom is 0.326 e. The summed E-state index contributed by atoms with van der Waals surface area (Å²) in [6.07, 6.45) is 1.80. The van der Waals surface area contributed by atoms with Gasteiger partial charge < -0.3 is 52.3 Å². The molecule has 6 aromatic rings. The third-order valence-electron chi connectivity index (χ3n) is 10.0. The number of anilines is 10. The van der Waals surface area contributed by atoms with Crippen molar-refractivity contribution in [2.24, 2.45) is 0 Å². The Morgan fingerprint density at radius 2 is 1.00 bits per heavy atom. The molecule has 0 saturated heterocycles. The number of benzene rings is 4. The molecular weight excluding hydrogens is 1120 g/mol. The van der Waals surface area contributed by atoms with Crippen molar-refractivity contribution in [3.8, 4) is 0 Å². The van der Waals surface area contributed by atoms with Crippen molar-refractivity contribution in [3.05, 3.63) is 95.1 Å². The van der Waals surface area contributed by atoms with Gasteiger partial charge in [-0.05, 0) is 96.8 Å². The highest BCUT2D eigenvalue weighted by Crippen LogP contribution is 2.34. The quantitative estimate of drug-likeness (QED) is 0.00900. The van der Waals surface area contributed by atoms with E-state index < -0.39 is 96.7 Å². The van der Waals surface area contributed by atoms with E-state index in [4.69, 9.17) is 10.5 Å². The van der Waals surface area contributed by atoms with E-state index in [1.54, 1.807) is 62.4 Å². The maximum absolute atomic E-state index is 12.3. The summed E-state index contributed by atoms with van der Waals surface area (Å²) in [7, 11) is -9.64. The molecule has 2 atom stereocenters. The second kappa shape index (κ2) is 26.1. The zero-order valence-corrected chi connectivity index (χ0v) is 42.7. The zero-order valence-electron chi connectivity index (χ0n) is 39.4. The zero-order chi connectivity index (χ0) is 56.9. The Hall–Kier alpha value is -8.40. The Morgan fingerprint density at radius 3 is 1.42 bits per heavy atom. The summed E-state index contributed by atoms with van der Waals surface area (Å²) in [5.74, 6) is -8.24. The molecule has 412 valence electrons. The third kappa shape index (κ3) is 17.1. The van der Waals surface area contributed by atoms with E-state index in [9.17, 15) is 65.5 Å². The first-order valence-electron chi connectivity index (χ1n) is 21.3. The lowest BCUT2D eigenvalue weighted by molar-refractivity contribution is -0.432. The van der Waals surface area contributed by atoms with Crippen molar-refractivity contribution in [3.63, 3.8) is 0 Å². The third-order valence-corrected chi connectivity index (χ3v) is 13.0. The highest BCUT2D eigenvalue weighted by molar-refractivity contribution is 7.95. The molecule has 0 radical (unpaired) electrons. The lowest BCUT2D eigenvalue weighted by Crippen LogP contribution is -2.32. The van der Waals surface area contributed by atoms with Gasteiger partial charge in [0.05, 0.1) is 58.1 Å². The second-order valence-electron chi connectivity index (χ2n) is 15.6. The predicted octanol–water partition coefficient (Wildman–Crippen LogP) is 5.85. The van der Waals surface area contributed by atoms with Crippen LogP contribution in [-0.4, -0.2) is 123 Å². The molecule has 0 bridgehead atoms. The van der Waals surface area contributed by atoms with E-state index in [0.29, 0.717) is 46.6 Å². The smallest absolute Gasteiger partial charge is 0.326 e. The number of nitrogens with zero attached hydrogens (tertiary/aromatic N) is 6. The van der Waals surface area contributed by atoms with Gasteiger partial charge in [-0.1, -0.05) is 34.4 Å². The van der Waals surface area contributed by atoms with E-state index in [1.807, 2.05) is 0 Å². The molecule has 36 heteroatoms. The Labute approximate surface area is 447 Å². The van der Waals surface area contributed by atoms with Crippen LogP contribution in [0.15, 0.2) is 92.4 Å². The number of nitrogens with one attached hydrogen (secondary N) is 6. The summed E-state index contributed by atoms with van der Waals surface area (Å²) in [5, 5.41) is 78.5. The van der Waals surface area contributed by atoms with Crippen molar-refractivity contribution in [2.75, 3.05) is 31.9 Å². The van der Waals surface area contributed by atoms with Crippen LogP contribution >= 0.6 is 24.1 Å². The molecule has 0 aliphatic heterocycles. The molecular formula is C42H40N12O20S4. The van der Waals surface area contributed by atoms with Gasteiger partial charge in [-0.3, -0.25) is 18.7 Å². The molecule has 0 aliphatic carbocycles. The molecule has 0 aliphatic rings. The Bertz CT molecular complexity index is 3510. The highest BCUT2D eigenvalue weighted by atomic mass is 32.2. The van der Waals surface area contributed by atoms with Crippen LogP contribution < -0.4 is 31.9 Å². The first kappa shape index (κ1) is 58.9. The van der Waals surface area contributed by atoms with Gasteiger partial charge in [0.1, 0.15) is 17.0 Å². The molecule has 14 N–H and O–H groups in total. The summed E-state index contributed by atoms with van der Waals surface area (Å²) >= 11 is 0.847. The molecule has 4 aromatic carbocycles. The van der Waals surface area contributed by atoms with Crippen molar-refractivity contribution in [1.29, 1.82) is 0 Å². The Balaban J connectivity index is 1.26. The van der Waals surface area contributed by atoms with Gasteiger partial charge in [0.15, 0.2) is 0 Å². The Morgan fingerprint density at radius 1 is 0.551 bits per heavy atom. The van der Waals surface area contributed by atoms with Crippen LogP contribution in [0.5, 0.6) is 0 Å². The molecule has 78 heavy (non-hydrogen) atoms. The number of hydrogen-bond donors (Lipinski definition) is 14. The van der Waals surface area contributed by atoms with Crippen LogP contribution in [0.2, 0.25) is 0 Å². The van der Waals surface area contributed by atoms with Crippen LogP contribution in [0.25, 0.3) is 12.2 Å². The number of hydrogen-bond acceptors (Lipinski definition) is 28. The van der Waals surface area contributed by atoms with Crippen LogP contribution in [0.3, 0.4) is 0 Å². The molecule has 2 heterocycles. The normalized spacial score (nSPS) is 12.3. The molecule has 0 spiro atoms. The van der Waals surface area contributed by atoms with E-state index in [2.05, 4.69) is 80.5 Å². The lowest BCUT2D eigenvalue weighted by atomic mass is 10.0. The largest absolute Gasteiger partial charge is 0.481 e. The summed E-state index contributed by atoms with van der Waals surface area (Å²) in [6.45, 7) is 3.56. The van der Waals surface area contributed by atoms with Gasteiger partial charge in [0.25, 0.3) is 20.2 Å². The van der Waals surface area contributed by atoms with E-state index in [1.165, 1.54) is 12.1 Å². The van der Waals surface area contributed by atoms with E-state index in [-0.39, 0.29) is 39.0 Å². The minimum atomic E-state index is -4.89. The average molecular weight is 1160 g/mol. The number of carboxylic acids is 4. The Kier molecular flexibility index (Phi) is 19.7. The molecule has 6 rings (SSSR count). The molecule has 0 amide bonds. The van der Waals surface area contributed by atoms with E-state index in [0.717, 1.165) is 35.4 Å². The number of aromatic nitrogens is 6. The second-order valence-corrected chi connectivity index (χ2v) is 19.9. The monoisotopic (exact) mass is 1160 g/mol. The van der Waals surface area contributed by atoms with Gasteiger partial charge in [0.2, 0.25) is 35.7 Å². The first-order valence-corrected chi connectivity index (χ1v) is 25.7. The van der Waals surface area contributed by atoms with Gasteiger partial charge >= 0.3 is 23.9 Å². The number of aliphatic carboxylic acids is 4. The molecule has 2 aromatic heterocycles. The number of carbonyl (C=O) groups is 4. The van der Waals surface area contributed by atoms with Crippen LogP contribution in [0.1, 0.15) is 35.1 Å². The highest BCUT2D eigenvalue weighted by Gasteiger charge is 2.26. The van der Waals surface area contributed by atoms with Gasteiger partial charge in [0, 0.05) is 16.3 Å². The fourth-order valence-corrected chi connectivity index (χ4v) is 8.52. The van der Waals surface area contributed by atoms with Gasteiger partial charge in [-0.2, -0.15) is 46.7 Å². The summed E-state index contributed by atoms with van der Waals surface area (Å²) in [5.41, 5.74) is 3.16. The van der Waals surface area contributed by atoms with Crippen molar-refractivity contribution in [1.82, 2.24) is 29.9 Å². The van der Waals surface area contributed by atoms with Gasteiger partial charge in [-0.25, -0.2) is 20.1 Å². The van der Waals surface area contributed by atoms with Crippen LogP contribution in [0, 0.1) is 13.8 Å². The van der Waals surface area contributed by atoms with Crippen molar-refractivity contribution >= 4 is 139 Å². The lowest BCUT2D eigenvalue weighted by Gasteiger charge is -2.16. The van der Waals surface area contributed by atoms with Gasteiger partial charge in [-0.15, -0.1) is 8.67 Å². The van der Waals surface area contributed by atoms with Crippen LogP contribution in [-0.2, 0) is 58.2 Å². The summed E-state index contributed by atoms with van der Waals surface area (Å²) in [4.78, 5) is 70.8. The molecule has 2 unspecified atom stereocenters. The number of carboxylic acid groups (broad SMARTS) is 4. The van der Waals surface area contributed by atoms with Crippen LogP contribution in [0.4, 0.5) is 58.4 Å². The number of aryl methyl sites for hydroxylation is 2. The summed E-state index contributed by atoms with van der Waals surface area (Å²) < 4.78 is 76.9. The molecule has 0 fully saturated rings. The minimum absolute atomic E-state index is 0.0584. The predicted molar refractivity (Wildman–Crippen MR) is 272 cm³/mol. The van der Waals surface area contributed by atoms with Crippen molar-refractivity contribution in [2.45, 2.75) is 58.4 Å². The first-order chi connectivity index (χ1) is 36.9. The SMILES string of the molecule is Cc1cc(Nc2nc(Nc3cc(S(=O)(=O)O)ccc3SOOO)nc(NC(CC(=O)O)C(=O)O)n2)ccc1/C=C/c1ccc(Nc2nc(Nc3cc(SOOO)ccc3S(=O)(=O)O)nc(NC(CC(=O)O)C(=O)O)n2)cc1C. The summed E-state index contributed by atoms with van der Waals surface area (Å²) in [6, 6.07) is 13.1.